The second-order valence-electron chi connectivity index (χ2n) is 6.06. The van der Waals surface area contributed by atoms with Crippen molar-refractivity contribution >= 4 is 34.0 Å². The number of hydrogen-bond acceptors (Lipinski definition) is 5. The lowest BCUT2D eigenvalue weighted by molar-refractivity contribution is 0.102. The average molecular weight is 432 g/mol. The number of anilines is 1. The van der Waals surface area contributed by atoms with E-state index in [1.165, 1.54) is 41.7 Å². The molecule has 0 unspecified atom stereocenters. The Balaban J connectivity index is 1.65. The maximum absolute atomic E-state index is 14.3. The number of rotatable bonds is 4. The van der Waals surface area contributed by atoms with E-state index in [2.05, 4.69) is 15.5 Å². The van der Waals surface area contributed by atoms with Gasteiger partial charge in [-0.15, -0.1) is 11.3 Å². The number of carbonyl (C=O) groups excluding carboxylic acids is 1. The highest BCUT2D eigenvalue weighted by Gasteiger charge is 2.26. The van der Waals surface area contributed by atoms with E-state index in [1.54, 1.807) is 24.4 Å². The van der Waals surface area contributed by atoms with Gasteiger partial charge in [0.1, 0.15) is 28.7 Å². The molecule has 0 saturated carbocycles. The Morgan fingerprint density at radius 2 is 2.00 bits per heavy atom. The molecule has 0 fully saturated rings. The molecular formula is C20H12ClF2N3O2S. The number of hydrogen-bond donors (Lipinski definition) is 1. The fourth-order valence-corrected chi connectivity index (χ4v) is 3.77. The van der Waals surface area contributed by atoms with Crippen molar-refractivity contribution in [1.82, 2.24) is 10.1 Å². The van der Waals surface area contributed by atoms with Gasteiger partial charge in [0.25, 0.3) is 5.91 Å². The Morgan fingerprint density at radius 3 is 2.76 bits per heavy atom. The second-order valence-corrected chi connectivity index (χ2v) is 7.33. The van der Waals surface area contributed by atoms with Crippen LogP contribution >= 0.6 is 22.9 Å². The minimum absolute atomic E-state index is 0.00464. The lowest BCUT2D eigenvalue weighted by atomic mass is 10.1. The lowest BCUT2D eigenvalue weighted by Crippen LogP contribution is -2.13. The minimum atomic E-state index is -0.623. The van der Waals surface area contributed by atoms with Crippen molar-refractivity contribution in [2.75, 3.05) is 5.32 Å². The van der Waals surface area contributed by atoms with Crippen molar-refractivity contribution in [3.8, 4) is 22.5 Å². The predicted molar refractivity (Wildman–Crippen MR) is 107 cm³/mol. The highest BCUT2D eigenvalue weighted by molar-refractivity contribution is 7.14. The van der Waals surface area contributed by atoms with Crippen LogP contribution in [0.15, 0.2) is 52.4 Å². The number of nitrogens with one attached hydrogen (secondary N) is 1. The Bertz CT molecular complexity index is 1200. The largest absolute Gasteiger partial charge is 0.360 e. The molecule has 0 saturated heterocycles. The number of amides is 1. The molecule has 2 aromatic heterocycles. The SMILES string of the molecule is Cc1onc(-c2c(F)cccc2Cl)c1C(=O)Nc1nc(-c2cccc(F)c2)cs1. The third-order valence-corrected chi connectivity index (χ3v) is 5.21. The third kappa shape index (κ3) is 3.76. The quantitative estimate of drug-likeness (QED) is 0.433. The molecule has 0 aliphatic carbocycles. The summed E-state index contributed by atoms with van der Waals surface area (Å²) in [5.41, 5.74) is 1.14. The summed E-state index contributed by atoms with van der Waals surface area (Å²) < 4.78 is 32.8. The first-order valence-electron chi connectivity index (χ1n) is 8.37. The van der Waals surface area contributed by atoms with E-state index in [-0.39, 0.29) is 33.4 Å². The number of thiazole rings is 1. The fraction of sp³-hybridized carbons (Fsp3) is 0.0500. The van der Waals surface area contributed by atoms with E-state index in [9.17, 15) is 13.6 Å². The van der Waals surface area contributed by atoms with Gasteiger partial charge >= 0.3 is 0 Å². The first-order chi connectivity index (χ1) is 13.9. The van der Waals surface area contributed by atoms with Gasteiger partial charge in [0.05, 0.1) is 16.3 Å². The summed E-state index contributed by atoms with van der Waals surface area (Å²) in [4.78, 5) is 17.2. The molecule has 0 radical (unpaired) electrons. The molecule has 29 heavy (non-hydrogen) atoms. The van der Waals surface area contributed by atoms with Gasteiger partial charge < -0.3 is 4.52 Å². The van der Waals surface area contributed by atoms with E-state index < -0.39 is 11.7 Å². The van der Waals surface area contributed by atoms with Crippen LogP contribution in [-0.2, 0) is 0 Å². The molecular weight excluding hydrogens is 420 g/mol. The molecule has 1 N–H and O–H groups in total. The normalized spacial score (nSPS) is 10.9. The Hall–Kier alpha value is -3.10. The summed E-state index contributed by atoms with van der Waals surface area (Å²) in [6.45, 7) is 1.54. The van der Waals surface area contributed by atoms with Gasteiger partial charge in [0.15, 0.2) is 5.13 Å². The van der Waals surface area contributed by atoms with Gasteiger partial charge in [-0.1, -0.05) is 35.0 Å². The number of aryl methyl sites for hydroxylation is 1. The van der Waals surface area contributed by atoms with Gasteiger partial charge in [0, 0.05) is 10.9 Å². The van der Waals surface area contributed by atoms with E-state index in [4.69, 9.17) is 16.1 Å². The Labute approximate surface area is 173 Å². The van der Waals surface area contributed by atoms with Gasteiger partial charge in [-0.05, 0) is 31.2 Å². The number of aromatic nitrogens is 2. The highest BCUT2D eigenvalue weighted by atomic mass is 35.5. The summed E-state index contributed by atoms with van der Waals surface area (Å²) in [5, 5.41) is 8.55. The molecule has 9 heteroatoms. The van der Waals surface area contributed by atoms with Crippen LogP contribution in [0.25, 0.3) is 22.5 Å². The number of nitrogens with zero attached hydrogens (tertiary/aromatic N) is 2. The van der Waals surface area contributed by atoms with Crippen molar-refractivity contribution < 1.29 is 18.1 Å². The van der Waals surface area contributed by atoms with Crippen LogP contribution in [0.3, 0.4) is 0 Å². The molecule has 0 atom stereocenters. The summed E-state index contributed by atoms with van der Waals surface area (Å²) in [6.07, 6.45) is 0. The van der Waals surface area contributed by atoms with Crippen molar-refractivity contribution in [3.05, 3.63) is 75.8 Å². The number of halogens is 3. The zero-order valence-electron chi connectivity index (χ0n) is 14.9. The first kappa shape index (κ1) is 19.2. The molecule has 2 aromatic carbocycles. The fourth-order valence-electron chi connectivity index (χ4n) is 2.81. The van der Waals surface area contributed by atoms with Crippen LogP contribution in [0.5, 0.6) is 0 Å². The molecule has 0 aliphatic rings. The smallest absolute Gasteiger partial charge is 0.263 e. The van der Waals surface area contributed by atoms with Crippen molar-refractivity contribution in [2.24, 2.45) is 0 Å². The van der Waals surface area contributed by atoms with E-state index in [0.717, 1.165) is 0 Å². The number of benzene rings is 2. The standard InChI is InChI=1S/C20H12ClF2N3O2S/c1-10-16(18(26-28-10)17-13(21)6-3-7-14(17)23)19(27)25-20-24-15(9-29-20)11-4-2-5-12(22)8-11/h2-9H,1H3,(H,24,25,27). The Kier molecular flexibility index (Phi) is 5.12. The summed E-state index contributed by atoms with van der Waals surface area (Å²) in [6, 6.07) is 10.2. The molecule has 4 rings (SSSR count). The van der Waals surface area contributed by atoms with E-state index >= 15 is 0 Å². The van der Waals surface area contributed by atoms with Crippen LogP contribution in [0, 0.1) is 18.6 Å². The zero-order chi connectivity index (χ0) is 20.5. The topological polar surface area (TPSA) is 68.0 Å². The van der Waals surface area contributed by atoms with Crippen LogP contribution in [0.1, 0.15) is 16.1 Å². The minimum Gasteiger partial charge on any atom is -0.360 e. The molecule has 0 aliphatic heterocycles. The lowest BCUT2D eigenvalue weighted by Gasteiger charge is -2.05. The third-order valence-electron chi connectivity index (χ3n) is 4.13. The predicted octanol–water partition coefficient (Wildman–Crippen LogP) is 5.96. The summed E-state index contributed by atoms with van der Waals surface area (Å²) >= 11 is 7.27. The van der Waals surface area contributed by atoms with Crippen molar-refractivity contribution in [3.63, 3.8) is 0 Å². The molecule has 0 spiro atoms. The molecule has 0 bridgehead atoms. The monoisotopic (exact) mass is 431 g/mol. The highest BCUT2D eigenvalue weighted by Crippen LogP contribution is 2.34. The summed E-state index contributed by atoms with van der Waals surface area (Å²) in [5.74, 6) is -1.37. The molecule has 5 nitrogen and oxygen atoms in total. The first-order valence-corrected chi connectivity index (χ1v) is 9.63. The van der Waals surface area contributed by atoms with Crippen molar-refractivity contribution in [1.29, 1.82) is 0 Å². The molecule has 4 aromatic rings. The van der Waals surface area contributed by atoms with Crippen molar-refractivity contribution in [2.45, 2.75) is 6.92 Å². The van der Waals surface area contributed by atoms with Gasteiger partial charge in [-0.3, -0.25) is 10.1 Å². The molecule has 1 amide bonds. The molecule has 2 heterocycles. The van der Waals surface area contributed by atoms with Crippen LogP contribution in [-0.4, -0.2) is 16.0 Å². The van der Waals surface area contributed by atoms with Gasteiger partial charge in [-0.2, -0.15) is 0 Å². The Morgan fingerprint density at radius 1 is 1.21 bits per heavy atom. The van der Waals surface area contributed by atoms with Gasteiger partial charge in [0.2, 0.25) is 0 Å². The maximum atomic E-state index is 14.3. The van der Waals surface area contributed by atoms with Crippen LogP contribution < -0.4 is 5.32 Å². The zero-order valence-corrected chi connectivity index (χ0v) is 16.4. The van der Waals surface area contributed by atoms with Crippen LogP contribution in [0.2, 0.25) is 5.02 Å². The van der Waals surface area contributed by atoms with Crippen LogP contribution in [0.4, 0.5) is 13.9 Å². The van der Waals surface area contributed by atoms with E-state index in [0.29, 0.717) is 16.4 Å². The average Bonchev–Trinajstić information content (AvgIpc) is 3.28. The molecule has 146 valence electrons. The summed E-state index contributed by atoms with van der Waals surface area (Å²) in [7, 11) is 0. The second kappa shape index (κ2) is 7.73. The number of carbonyl (C=O) groups is 1. The van der Waals surface area contributed by atoms with E-state index in [1.807, 2.05) is 0 Å². The van der Waals surface area contributed by atoms with Gasteiger partial charge in [-0.25, -0.2) is 13.8 Å². The maximum Gasteiger partial charge on any atom is 0.263 e.